The Morgan fingerprint density at radius 2 is 1.66 bits per heavy atom. The van der Waals surface area contributed by atoms with E-state index in [1.165, 1.54) is 27.4 Å². The number of amides is 4. The monoisotopic (exact) mass is 495 g/mol. The first kappa shape index (κ1) is 25.7. The summed E-state index contributed by atoms with van der Waals surface area (Å²) in [4.78, 5) is 38.7. The smallest absolute Gasteiger partial charge is 0.440 e. The van der Waals surface area contributed by atoms with Crippen LogP contribution in [0.1, 0.15) is 22.3 Å². The molecule has 35 heavy (non-hydrogen) atoms. The molecule has 2 N–H and O–H groups in total. The minimum absolute atomic E-state index is 0.0342. The van der Waals surface area contributed by atoms with Gasteiger partial charge in [0.15, 0.2) is 11.5 Å². The Labute approximate surface area is 199 Å². The van der Waals surface area contributed by atoms with Crippen LogP contribution >= 0.6 is 0 Å². The number of methoxy groups -OCH3 is 3. The molecule has 0 radical (unpaired) electrons. The van der Waals surface area contributed by atoms with Crippen molar-refractivity contribution >= 4 is 17.8 Å². The van der Waals surface area contributed by atoms with E-state index in [1.54, 1.807) is 22.8 Å². The van der Waals surface area contributed by atoms with Crippen LogP contribution in [0.2, 0.25) is 0 Å². The van der Waals surface area contributed by atoms with Crippen LogP contribution in [0.25, 0.3) is 0 Å². The number of nitrogens with one attached hydrogen (secondary N) is 2. The van der Waals surface area contributed by atoms with Crippen molar-refractivity contribution in [3.8, 4) is 17.2 Å². The Bertz CT molecular complexity index is 1110. The summed E-state index contributed by atoms with van der Waals surface area (Å²) < 4.78 is 57.9. The van der Waals surface area contributed by atoms with E-state index in [2.05, 4.69) is 0 Å². The van der Waals surface area contributed by atoms with Gasteiger partial charge in [0, 0.05) is 6.54 Å². The Balaban J connectivity index is 1.87. The van der Waals surface area contributed by atoms with E-state index in [1.807, 2.05) is 18.2 Å². The number of alkyl halides is 3. The quantitative estimate of drug-likeness (QED) is 0.519. The summed E-state index contributed by atoms with van der Waals surface area (Å²) in [7, 11) is 3.77. The molecule has 0 aromatic heterocycles. The van der Waals surface area contributed by atoms with Crippen molar-refractivity contribution in [2.24, 2.45) is 0 Å². The van der Waals surface area contributed by atoms with Crippen LogP contribution in [-0.4, -0.2) is 62.5 Å². The highest BCUT2D eigenvalue weighted by Gasteiger charge is 2.68. The second-order valence-electron chi connectivity index (χ2n) is 7.56. The lowest BCUT2D eigenvalue weighted by Gasteiger charge is -2.30. The number of carbonyl (C=O) groups excluding carboxylic acids is 3. The number of imide groups is 1. The Morgan fingerprint density at radius 3 is 2.23 bits per heavy atom. The molecule has 0 spiro atoms. The zero-order chi connectivity index (χ0) is 25.8. The van der Waals surface area contributed by atoms with Gasteiger partial charge in [0.05, 0.1) is 26.9 Å². The third-order valence-electron chi connectivity index (χ3n) is 5.47. The van der Waals surface area contributed by atoms with Gasteiger partial charge in [0.25, 0.3) is 17.5 Å². The number of benzene rings is 2. The predicted octanol–water partition coefficient (Wildman–Crippen LogP) is 2.89. The first-order valence-corrected chi connectivity index (χ1v) is 10.5. The number of halogens is 3. The molecule has 0 aliphatic carbocycles. The van der Waals surface area contributed by atoms with Crippen molar-refractivity contribution in [3.63, 3.8) is 0 Å². The fourth-order valence-electron chi connectivity index (χ4n) is 3.73. The molecule has 2 aromatic carbocycles. The highest BCUT2D eigenvalue weighted by molar-refractivity contribution is 6.10. The summed E-state index contributed by atoms with van der Waals surface area (Å²) in [6.45, 7) is -0.271. The van der Waals surface area contributed by atoms with Gasteiger partial charge in [-0.05, 0) is 30.5 Å². The third kappa shape index (κ3) is 4.81. The molecule has 2 aromatic rings. The van der Waals surface area contributed by atoms with E-state index in [9.17, 15) is 27.6 Å². The summed E-state index contributed by atoms with van der Waals surface area (Å²) in [5, 5.41) is 3.30. The van der Waals surface area contributed by atoms with Gasteiger partial charge in [-0.1, -0.05) is 30.3 Å². The number of carbonyl (C=O) groups is 3. The first-order chi connectivity index (χ1) is 16.6. The molecule has 1 fully saturated rings. The highest BCUT2D eigenvalue weighted by atomic mass is 19.4. The molecular formula is C23H24F3N3O6. The number of hydrogen-bond donors (Lipinski definition) is 2. The van der Waals surface area contributed by atoms with Crippen molar-refractivity contribution in [3.05, 3.63) is 53.6 Å². The number of hydrogen-bond acceptors (Lipinski definition) is 6. The fraction of sp³-hybridized carbons (Fsp3) is 0.348. The maximum atomic E-state index is 14.2. The molecule has 3 rings (SSSR count). The molecule has 0 bridgehead atoms. The Kier molecular flexibility index (Phi) is 7.42. The average Bonchev–Trinajstić information content (AvgIpc) is 3.08. The van der Waals surface area contributed by atoms with Gasteiger partial charge in [0.2, 0.25) is 5.75 Å². The van der Waals surface area contributed by atoms with Gasteiger partial charge in [0.1, 0.15) is 0 Å². The molecule has 1 heterocycles. The highest BCUT2D eigenvalue weighted by Crippen LogP contribution is 2.40. The number of rotatable bonds is 9. The maximum Gasteiger partial charge on any atom is 0.440 e. The van der Waals surface area contributed by atoms with E-state index < -0.39 is 29.7 Å². The van der Waals surface area contributed by atoms with Crippen LogP contribution in [-0.2, 0) is 11.2 Å². The van der Waals surface area contributed by atoms with E-state index >= 15 is 0 Å². The minimum atomic E-state index is -5.34. The minimum Gasteiger partial charge on any atom is -0.493 e. The number of urea groups is 1. The lowest BCUT2D eigenvalue weighted by molar-refractivity contribution is -0.200. The van der Waals surface area contributed by atoms with Crippen molar-refractivity contribution in [2.45, 2.75) is 24.7 Å². The molecular weight excluding hydrogens is 471 g/mol. The van der Waals surface area contributed by atoms with Gasteiger partial charge in [-0.3, -0.25) is 19.8 Å². The topological polar surface area (TPSA) is 106 Å². The fourth-order valence-corrected chi connectivity index (χ4v) is 3.73. The van der Waals surface area contributed by atoms with Crippen molar-refractivity contribution in [1.29, 1.82) is 0 Å². The van der Waals surface area contributed by atoms with Crippen LogP contribution in [0, 0.1) is 0 Å². The van der Waals surface area contributed by atoms with E-state index in [0.717, 1.165) is 11.6 Å². The Morgan fingerprint density at radius 1 is 1.00 bits per heavy atom. The third-order valence-corrected chi connectivity index (χ3v) is 5.47. The van der Waals surface area contributed by atoms with Gasteiger partial charge >= 0.3 is 12.2 Å². The molecule has 0 saturated carbocycles. The van der Waals surface area contributed by atoms with Crippen LogP contribution < -0.4 is 24.8 Å². The zero-order valence-corrected chi connectivity index (χ0v) is 19.2. The summed E-state index contributed by atoms with van der Waals surface area (Å²) in [6, 6.07) is 10.2. The van der Waals surface area contributed by atoms with E-state index in [-0.39, 0.29) is 35.8 Å². The second kappa shape index (κ2) is 10.1. The largest absolute Gasteiger partial charge is 0.493 e. The molecule has 1 atom stereocenters. The number of ether oxygens (including phenoxy) is 3. The lowest BCUT2D eigenvalue weighted by atomic mass is 10.1. The number of nitrogens with zero attached hydrogens (tertiary/aromatic N) is 1. The lowest BCUT2D eigenvalue weighted by Crippen LogP contribution is -2.69. The molecule has 0 unspecified atom stereocenters. The molecule has 1 saturated heterocycles. The van der Waals surface area contributed by atoms with E-state index in [4.69, 9.17) is 14.2 Å². The summed E-state index contributed by atoms with van der Waals surface area (Å²) >= 11 is 0. The maximum absolute atomic E-state index is 14.2. The predicted molar refractivity (Wildman–Crippen MR) is 117 cm³/mol. The summed E-state index contributed by atoms with van der Waals surface area (Å²) in [5.41, 5.74) is -3.11. The average molecular weight is 495 g/mol. The van der Waals surface area contributed by atoms with Crippen LogP contribution in [0.3, 0.4) is 0 Å². The van der Waals surface area contributed by atoms with E-state index in [0.29, 0.717) is 11.3 Å². The molecule has 9 nitrogen and oxygen atoms in total. The SMILES string of the molecule is COc1ccc(C(=O)N[C@@]2(C(F)(F)F)NC(=O)N(CCCc3ccccc3)C2=O)c(OC)c1OC. The normalized spacial score (nSPS) is 17.7. The summed E-state index contributed by atoms with van der Waals surface area (Å²) in [6.07, 6.45) is -4.67. The molecule has 1 aliphatic rings. The Hall–Kier alpha value is -3.96. The molecule has 12 heteroatoms. The van der Waals surface area contributed by atoms with Gasteiger partial charge in [-0.15, -0.1) is 0 Å². The van der Waals surface area contributed by atoms with Crippen molar-refractivity contribution in [2.75, 3.05) is 27.9 Å². The van der Waals surface area contributed by atoms with Crippen molar-refractivity contribution in [1.82, 2.24) is 15.5 Å². The van der Waals surface area contributed by atoms with Crippen LogP contribution in [0.5, 0.6) is 17.2 Å². The standard InChI is InChI=1S/C23H24F3N3O6/c1-33-16-12-11-15(17(34-2)18(16)35-3)19(30)27-22(23(24,25)26)20(31)29(21(32)28-22)13-7-10-14-8-5-4-6-9-14/h4-6,8-9,11-12H,7,10,13H2,1-3H3,(H,27,30)(H,28,32)/t22-/m1/s1. The zero-order valence-electron chi connectivity index (χ0n) is 19.2. The van der Waals surface area contributed by atoms with Gasteiger partial charge < -0.3 is 19.5 Å². The van der Waals surface area contributed by atoms with Gasteiger partial charge in [-0.2, -0.15) is 13.2 Å². The molecule has 188 valence electrons. The second-order valence-corrected chi connectivity index (χ2v) is 7.56. The van der Waals surface area contributed by atoms with Crippen molar-refractivity contribution < 1.29 is 41.8 Å². The summed E-state index contributed by atoms with van der Waals surface area (Å²) in [5.74, 6) is -3.02. The van der Waals surface area contributed by atoms with Crippen LogP contribution in [0.4, 0.5) is 18.0 Å². The molecule has 1 aliphatic heterocycles. The van der Waals surface area contributed by atoms with Gasteiger partial charge in [-0.25, -0.2) is 4.79 Å². The number of aryl methyl sites for hydroxylation is 1. The van der Waals surface area contributed by atoms with Crippen LogP contribution in [0.15, 0.2) is 42.5 Å². The molecule has 4 amide bonds. The first-order valence-electron chi connectivity index (χ1n) is 10.5.